The van der Waals surface area contributed by atoms with Gasteiger partial charge in [-0.25, -0.2) is 0 Å². The molecule has 0 heterocycles. The van der Waals surface area contributed by atoms with E-state index >= 15 is 0 Å². The summed E-state index contributed by atoms with van der Waals surface area (Å²) in [6.07, 6.45) is 0. The van der Waals surface area contributed by atoms with Crippen molar-refractivity contribution in [1.82, 2.24) is 0 Å². The molecular weight excluding hydrogens is 234 g/mol. The molecule has 2 rings (SSSR count). The minimum absolute atomic E-state index is 0.0922. The van der Waals surface area contributed by atoms with Gasteiger partial charge in [0.25, 0.3) is 0 Å². The lowest BCUT2D eigenvalue weighted by Gasteiger charge is -2.20. The standard InChI is InChI=1S/C17H19NO/c1-17(2,12-18)16(19)15-10-8-14(9-11-15)13-6-4-3-5-7-13/h3-11H,12,18H2,1-2H3. The third kappa shape index (κ3) is 2.91. The summed E-state index contributed by atoms with van der Waals surface area (Å²) < 4.78 is 0. The van der Waals surface area contributed by atoms with Crippen LogP contribution in [0.25, 0.3) is 11.1 Å². The van der Waals surface area contributed by atoms with Crippen molar-refractivity contribution in [2.45, 2.75) is 13.8 Å². The summed E-state index contributed by atoms with van der Waals surface area (Å²) in [5.41, 5.74) is 8.12. The molecular formula is C17H19NO. The van der Waals surface area contributed by atoms with E-state index in [1.807, 2.05) is 56.3 Å². The van der Waals surface area contributed by atoms with Crippen molar-refractivity contribution in [2.24, 2.45) is 11.1 Å². The number of carbonyl (C=O) groups excluding carboxylic acids is 1. The van der Waals surface area contributed by atoms with Gasteiger partial charge < -0.3 is 5.73 Å². The van der Waals surface area contributed by atoms with Gasteiger partial charge in [0.1, 0.15) is 0 Å². The molecule has 19 heavy (non-hydrogen) atoms. The molecule has 0 saturated heterocycles. The molecule has 0 aliphatic rings. The quantitative estimate of drug-likeness (QED) is 0.847. The van der Waals surface area contributed by atoms with Crippen LogP contribution in [0.1, 0.15) is 24.2 Å². The number of ketones is 1. The molecule has 0 fully saturated rings. The lowest BCUT2D eigenvalue weighted by molar-refractivity contribution is 0.0847. The fourth-order valence-electron chi connectivity index (χ4n) is 1.93. The van der Waals surface area contributed by atoms with E-state index in [1.54, 1.807) is 0 Å². The normalized spacial score (nSPS) is 11.3. The summed E-state index contributed by atoms with van der Waals surface area (Å²) in [6.45, 7) is 4.10. The Balaban J connectivity index is 2.27. The van der Waals surface area contributed by atoms with Crippen molar-refractivity contribution in [3.8, 4) is 11.1 Å². The van der Waals surface area contributed by atoms with Crippen LogP contribution in [0.4, 0.5) is 0 Å². The molecule has 0 unspecified atom stereocenters. The van der Waals surface area contributed by atoms with E-state index in [0.717, 1.165) is 16.7 Å². The van der Waals surface area contributed by atoms with Gasteiger partial charge in [0.15, 0.2) is 5.78 Å². The van der Waals surface area contributed by atoms with Gasteiger partial charge in [-0.05, 0) is 11.1 Å². The van der Waals surface area contributed by atoms with E-state index in [-0.39, 0.29) is 5.78 Å². The second-order valence-corrected chi connectivity index (χ2v) is 5.36. The highest BCUT2D eigenvalue weighted by atomic mass is 16.1. The lowest BCUT2D eigenvalue weighted by Crippen LogP contribution is -2.32. The third-order valence-electron chi connectivity index (χ3n) is 3.38. The number of carbonyl (C=O) groups is 1. The molecule has 2 nitrogen and oxygen atoms in total. The highest BCUT2D eigenvalue weighted by Gasteiger charge is 2.26. The van der Waals surface area contributed by atoms with E-state index in [9.17, 15) is 4.79 Å². The zero-order valence-electron chi connectivity index (χ0n) is 11.4. The second-order valence-electron chi connectivity index (χ2n) is 5.36. The van der Waals surface area contributed by atoms with E-state index in [0.29, 0.717) is 6.54 Å². The van der Waals surface area contributed by atoms with E-state index in [4.69, 9.17) is 5.73 Å². The maximum atomic E-state index is 12.3. The maximum Gasteiger partial charge on any atom is 0.169 e. The van der Waals surface area contributed by atoms with Gasteiger partial charge in [-0.2, -0.15) is 0 Å². The van der Waals surface area contributed by atoms with Crippen molar-refractivity contribution < 1.29 is 4.79 Å². The van der Waals surface area contributed by atoms with E-state index in [1.165, 1.54) is 0 Å². The Kier molecular flexibility index (Phi) is 3.82. The topological polar surface area (TPSA) is 43.1 Å². The molecule has 2 heteroatoms. The first-order valence-electron chi connectivity index (χ1n) is 6.45. The SMILES string of the molecule is CC(C)(CN)C(=O)c1ccc(-c2ccccc2)cc1. The number of hydrogen-bond donors (Lipinski definition) is 1. The molecule has 0 atom stereocenters. The first kappa shape index (κ1) is 13.5. The van der Waals surface area contributed by atoms with Crippen LogP contribution < -0.4 is 5.73 Å². The predicted octanol–water partition coefficient (Wildman–Crippen LogP) is 3.52. The average molecular weight is 253 g/mol. The van der Waals surface area contributed by atoms with Gasteiger partial charge in [-0.15, -0.1) is 0 Å². The van der Waals surface area contributed by atoms with Gasteiger partial charge in [-0.1, -0.05) is 68.4 Å². The summed E-state index contributed by atoms with van der Waals surface area (Å²) in [5, 5.41) is 0. The van der Waals surface area contributed by atoms with Gasteiger partial charge in [0, 0.05) is 17.5 Å². The fourth-order valence-corrected chi connectivity index (χ4v) is 1.93. The Morgan fingerprint density at radius 3 is 2.00 bits per heavy atom. The summed E-state index contributed by atoms with van der Waals surface area (Å²) >= 11 is 0. The van der Waals surface area contributed by atoms with Crippen LogP contribution in [0.15, 0.2) is 54.6 Å². The summed E-state index contributed by atoms with van der Waals surface area (Å²) in [7, 11) is 0. The fraction of sp³-hybridized carbons (Fsp3) is 0.235. The Morgan fingerprint density at radius 1 is 0.947 bits per heavy atom. The molecule has 98 valence electrons. The molecule has 0 bridgehead atoms. The number of benzene rings is 2. The van der Waals surface area contributed by atoms with Gasteiger partial charge in [-0.3, -0.25) is 4.79 Å². The second kappa shape index (κ2) is 5.37. The Morgan fingerprint density at radius 2 is 1.47 bits per heavy atom. The lowest BCUT2D eigenvalue weighted by atomic mass is 9.84. The largest absolute Gasteiger partial charge is 0.329 e. The van der Waals surface area contributed by atoms with Crippen molar-refractivity contribution >= 4 is 5.78 Å². The first-order valence-corrected chi connectivity index (χ1v) is 6.45. The van der Waals surface area contributed by atoms with Crippen LogP contribution in [0.2, 0.25) is 0 Å². The summed E-state index contributed by atoms with van der Waals surface area (Å²) in [4.78, 5) is 12.3. The molecule has 2 aromatic carbocycles. The highest BCUT2D eigenvalue weighted by Crippen LogP contribution is 2.23. The van der Waals surface area contributed by atoms with Crippen LogP contribution in [-0.4, -0.2) is 12.3 Å². The summed E-state index contributed by atoms with van der Waals surface area (Å²) in [6, 6.07) is 17.8. The Labute approximate surface area is 114 Å². The van der Waals surface area contributed by atoms with Crippen molar-refractivity contribution in [2.75, 3.05) is 6.54 Å². The smallest absolute Gasteiger partial charge is 0.169 e. The molecule has 0 saturated carbocycles. The van der Waals surface area contributed by atoms with Gasteiger partial charge in [0.2, 0.25) is 0 Å². The van der Waals surface area contributed by atoms with Crippen LogP contribution >= 0.6 is 0 Å². The first-order chi connectivity index (χ1) is 9.04. The van der Waals surface area contributed by atoms with Crippen LogP contribution in [0, 0.1) is 5.41 Å². The predicted molar refractivity (Wildman–Crippen MR) is 79.0 cm³/mol. The minimum Gasteiger partial charge on any atom is -0.329 e. The monoisotopic (exact) mass is 253 g/mol. The molecule has 2 aromatic rings. The summed E-state index contributed by atoms with van der Waals surface area (Å²) in [5.74, 6) is 0.0922. The van der Waals surface area contributed by atoms with Crippen molar-refractivity contribution in [1.29, 1.82) is 0 Å². The number of hydrogen-bond acceptors (Lipinski definition) is 2. The highest BCUT2D eigenvalue weighted by molar-refractivity contribution is 6.00. The van der Waals surface area contributed by atoms with Crippen molar-refractivity contribution in [3.63, 3.8) is 0 Å². The number of nitrogens with two attached hydrogens (primary N) is 1. The van der Waals surface area contributed by atoms with E-state index in [2.05, 4.69) is 12.1 Å². The van der Waals surface area contributed by atoms with Gasteiger partial charge in [0.05, 0.1) is 0 Å². The van der Waals surface area contributed by atoms with Crippen LogP contribution in [-0.2, 0) is 0 Å². The zero-order valence-corrected chi connectivity index (χ0v) is 11.4. The molecule has 0 spiro atoms. The van der Waals surface area contributed by atoms with Crippen LogP contribution in [0.5, 0.6) is 0 Å². The zero-order chi connectivity index (χ0) is 13.9. The van der Waals surface area contributed by atoms with E-state index < -0.39 is 5.41 Å². The van der Waals surface area contributed by atoms with Gasteiger partial charge >= 0.3 is 0 Å². The minimum atomic E-state index is -0.506. The Hall–Kier alpha value is -1.93. The molecule has 0 aliphatic carbocycles. The third-order valence-corrected chi connectivity index (χ3v) is 3.38. The number of Topliss-reactive ketones (excluding diaryl/α,β-unsaturated/α-hetero) is 1. The van der Waals surface area contributed by atoms with Crippen LogP contribution in [0.3, 0.4) is 0 Å². The average Bonchev–Trinajstić information content (AvgIpc) is 2.47. The number of rotatable bonds is 4. The molecule has 0 amide bonds. The molecule has 0 radical (unpaired) electrons. The molecule has 0 aromatic heterocycles. The maximum absolute atomic E-state index is 12.3. The molecule has 2 N–H and O–H groups in total. The Bertz CT molecular complexity index is 556. The van der Waals surface area contributed by atoms with Crippen molar-refractivity contribution in [3.05, 3.63) is 60.2 Å². The molecule has 0 aliphatic heterocycles.